The number of nitrogens with one attached hydrogen (secondary N) is 1. The van der Waals surface area contributed by atoms with Crippen LogP contribution in [0.25, 0.3) is 16.9 Å². The number of benzene rings is 1. The van der Waals surface area contributed by atoms with Crippen LogP contribution in [0.5, 0.6) is 0 Å². The molecule has 0 spiro atoms. The maximum atomic E-state index is 4.71. The van der Waals surface area contributed by atoms with Gasteiger partial charge in [0.25, 0.3) is 0 Å². The number of aromatic amines is 1. The van der Waals surface area contributed by atoms with Crippen molar-refractivity contribution in [3.05, 3.63) is 72.1 Å². The zero-order valence-corrected chi connectivity index (χ0v) is 15.0. The standard InChI is InChI=1S/C21H21N5/c1-14(2)16-9-6-12-26-18(16)24-25-20(26)21(10-11-21)19-22-13-17(23-19)15-7-4-3-5-8-15/h3-9,12-14H,10-11H2,1-2H3,(H,22,23). The van der Waals surface area contributed by atoms with Crippen LogP contribution in [0.2, 0.25) is 0 Å². The molecular weight excluding hydrogens is 322 g/mol. The largest absolute Gasteiger partial charge is 0.341 e. The fraction of sp³-hybridized carbons (Fsp3) is 0.286. The van der Waals surface area contributed by atoms with E-state index in [1.165, 1.54) is 5.56 Å². The number of H-pyrrole nitrogens is 1. The van der Waals surface area contributed by atoms with Gasteiger partial charge in [-0.2, -0.15) is 0 Å². The minimum Gasteiger partial charge on any atom is -0.341 e. The molecule has 4 aromatic rings. The Labute approximate surface area is 152 Å². The minimum atomic E-state index is -0.151. The summed E-state index contributed by atoms with van der Waals surface area (Å²) in [5, 5.41) is 9.09. The Balaban J connectivity index is 1.60. The van der Waals surface area contributed by atoms with Crippen molar-refractivity contribution in [2.45, 2.75) is 38.0 Å². The molecule has 5 nitrogen and oxygen atoms in total. The van der Waals surface area contributed by atoms with Gasteiger partial charge in [0.15, 0.2) is 11.5 Å². The van der Waals surface area contributed by atoms with E-state index in [0.29, 0.717) is 5.92 Å². The summed E-state index contributed by atoms with van der Waals surface area (Å²) < 4.78 is 2.15. The first-order valence-corrected chi connectivity index (χ1v) is 9.14. The summed E-state index contributed by atoms with van der Waals surface area (Å²) in [5.74, 6) is 2.39. The lowest BCUT2D eigenvalue weighted by atomic mass is 10.0. The molecule has 1 aliphatic carbocycles. The van der Waals surface area contributed by atoms with E-state index >= 15 is 0 Å². The molecule has 26 heavy (non-hydrogen) atoms. The molecule has 0 atom stereocenters. The van der Waals surface area contributed by atoms with Crippen LogP contribution < -0.4 is 0 Å². The third-order valence-corrected chi connectivity index (χ3v) is 5.38. The number of aromatic nitrogens is 5. The van der Waals surface area contributed by atoms with Gasteiger partial charge in [0, 0.05) is 6.20 Å². The molecule has 1 aromatic carbocycles. The summed E-state index contributed by atoms with van der Waals surface area (Å²) in [5.41, 5.74) is 4.23. The first kappa shape index (κ1) is 15.3. The Hall–Kier alpha value is -2.95. The first-order valence-electron chi connectivity index (χ1n) is 9.14. The van der Waals surface area contributed by atoms with Crippen LogP contribution in [0.3, 0.4) is 0 Å². The van der Waals surface area contributed by atoms with Crippen LogP contribution >= 0.6 is 0 Å². The Bertz CT molecular complexity index is 1070. The molecule has 5 rings (SSSR count). The van der Waals surface area contributed by atoms with E-state index in [9.17, 15) is 0 Å². The molecule has 1 fully saturated rings. The van der Waals surface area contributed by atoms with Crippen molar-refractivity contribution in [1.82, 2.24) is 24.6 Å². The number of hydrogen-bond donors (Lipinski definition) is 1. The zero-order chi connectivity index (χ0) is 17.7. The quantitative estimate of drug-likeness (QED) is 0.600. The van der Waals surface area contributed by atoms with Gasteiger partial charge >= 0.3 is 0 Å². The van der Waals surface area contributed by atoms with Crippen LogP contribution in [0.15, 0.2) is 54.9 Å². The zero-order valence-electron chi connectivity index (χ0n) is 15.0. The van der Waals surface area contributed by atoms with E-state index in [0.717, 1.165) is 41.4 Å². The summed E-state index contributed by atoms with van der Waals surface area (Å²) in [6.07, 6.45) is 6.08. The van der Waals surface area contributed by atoms with Gasteiger partial charge in [-0.15, -0.1) is 10.2 Å². The number of imidazole rings is 1. The van der Waals surface area contributed by atoms with Crippen molar-refractivity contribution < 1.29 is 0 Å². The Morgan fingerprint density at radius 2 is 1.85 bits per heavy atom. The van der Waals surface area contributed by atoms with Gasteiger partial charge in [0.2, 0.25) is 0 Å². The van der Waals surface area contributed by atoms with Crippen LogP contribution in [0.1, 0.15) is 49.8 Å². The molecular formula is C21H21N5. The predicted octanol–water partition coefficient (Wildman–Crippen LogP) is 4.32. The topological polar surface area (TPSA) is 58.9 Å². The Morgan fingerprint density at radius 3 is 2.58 bits per heavy atom. The van der Waals surface area contributed by atoms with Crippen LogP contribution in [-0.2, 0) is 5.41 Å². The van der Waals surface area contributed by atoms with Gasteiger partial charge in [-0.3, -0.25) is 4.40 Å². The lowest BCUT2D eigenvalue weighted by Crippen LogP contribution is -2.15. The van der Waals surface area contributed by atoms with E-state index in [2.05, 4.69) is 63.9 Å². The molecule has 0 aliphatic heterocycles. The van der Waals surface area contributed by atoms with Gasteiger partial charge in [-0.25, -0.2) is 4.98 Å². The molecule has 0 bridgehead atoms. The van der Waals surface area contributed by atoms with E-state index < -0.39 is 0 Å². The first-order chi connectivity index (χ1) is 12.7. The highest BCUT2D eigenvalue weighted by Gasteiger charge is 2.52. The second-order valence-electron chi connectivity index (χ2n) is 7.43. The van der Waals surface area contributed by atoms with Crippen molar-refractivity contribution in [1.29, 1.82) is 0 Å². The molecule has 1 aliphatic rings. The fourth-order valence-electron chi connectivity index (χ4n) is 3.73. The number of pyridine rings is 1. The molecule has 3 aromatic heterocycles. The molecule has 130 valence electrons. The van der Waals surface area contributed by atoms with Crippen LogP contribution in [0, 0.1) is 0 Å². The van der Waals surface area contributed by atoms with Gasteiger partial charge in [-0.05, 0) is 36.0 Å². The van der Waals surface area contributed by atoms with Crippen molar-refractivity contribution in [2.75, 3.05) is 0 Å². The molecule has 0 saturated heterocycles. The van der Waals surface area contributed by atoms with E-state index in [1.807, 2.05) is 24.4 Å². The SMILES string of the molecule is CC(C)c1cccn2c(C3(c4ncc(-c5ccccc5)[nH]4)CC3)nnc12. The van der Waals surface area contributed by atoms with E-state index in [4.69, 9.17) is 4.98 Å². The van der Waals surface area contributed by atoms with Gasteiger partial charge in [0.05, 0.1) is 17.3 Å². The number of rotatable bonds is 4. The predicted molar refractivity (Wildman–Crippen MR) is 101 cm³/mol. The van der Waals surface area contributed by atoms with Gasteiger partial charge < -0.3 is 4.98 Å². The maximum Gasteiger partial charge on any atom is 0.164 e. The number of fused-ring (bicyclic) bond motifs is 1. The average Bonchev–Trinajstić information content (AvgIpc) is 3.12. The molecule has 3 heterocycles. The van der Waals surface area contributed by atoms with Gasteiger partial charge in [-0.1, -0.05) is 50.2 Å². The lowest BCUT2D eigenvalue weighted by Gasteiger charge is -2.12. The summed E-state index contributed by atoms with van der Waals surface area (Å²) in [7, 11) is 0. The van der Waals surface area contributed by atoms with Crippen molar-refractivity contribution in [3.8, 4) is 11.3 Å². The molecule has 0 unspecified atom stereocenters. The Morgan fingerprint density at radius 1 is 1.04 bits per heavy atom. The summed E-state index contributed by atoms with van der Waals surface area (Å²) in [6.45, 7) is 4.38. The molecule has 0 amide bonds. The second-order valence-corrected chi connectivity index (χ2v) is 7.43. The maximum absolute atomic E-state index is 4.71. The van der Waals surface area contributed by atoms with Crippen LogP contribution in [0.4, 0.5) is 0 Å². The summed E-state index contributed by atoms with van der Waals surface area (Å²) in [6, 6.07) is 14.5. The molecule has 0 radical (unpaired) electrons. The third kappa shape index (κ3) is 2.20. The van der Waals surface area contributed by atoms with E-state index in [-0.39, 0.29) is 5.41 Å². The number of hydrogen-bond acceptors (Lipinski definition) is 3. The molecule has 1 N–H and O–H groups in total. The van der Waals surface area contributed by atoms with Crippen LogP contribution in [-0.4, -0.2) is 24.6 Å². The van der Waals surface area contributed by atoms with Crippen molar-refractivity contribution in [3.63, 3.8) is 0 Å². The fourth-order valence-corrected chi connectivity index (χ4v) is 3.73. The average molecular weight is 343 g/mol. The lowest BCUT2D eigenvalue weighted by molar-refractivity contribution is 0.695. The summed E-state index contributed by atoms with van der Waals surface area (Å²) in [4.78, 5) is 8.24. The highest BCUT2D eigenvalue weighted by Crippen LogP contribution is 2.52. The molecule has 5 heteroatoms. The molecule has 1 saturated carbocycles. The third-order valence-electron chi connectivity index (χ3n) is 5.38. The minimum absolute atomic E-state index is 0.151. The van der Waals surface area contributed by atoms with E-state index in [1.54, 1.807) is 0 Å². The monoisotopic (exact) mass is 343 g/mol. The number of nitrogens with zero attached hydrogens (tertiary/aromatic N) is 4. The van der Waals surface area contributed by atoms with Crippen molar-refractivity contribution in [2.24, 2.45) is 0 Å². The second kappa shape index (κ2) is 5.53. The Kier molecular flexibility index (Phi) is 3.26. The van der Waals surface area contributed by atoms with Gasteiger partial charge in [0.1, 0.15) is 5.82 Å². The smallest absolute Gasteiger partial charge is 0.164 e. The highest BCUT2D eigenvalue weighted by atomic mass is 15.3. The summed E-state index contributed by atoms with van der Waals surface area (Å²) >= 11 is 0. The normalized spacial score (nSPS) is 15.7. The van der Waals surface area contributed by atoms with Crippen molar-refractivity contribution >= 4 is 5.65 Å². The highest BCUT2D eigenvalue weighted by molar-refractivity contribution is 5.59.